The maximum Gasteiger partial charge on any atom is 0.166 e. The van der Waals surface area contributed by atoms with Gasteiger partial charge in [-0.05, 0) is 29.9 Å². The second kappa shape index (κ2) is 4.58. The zero-order valence-corrected chi connectivity index (χ0v) is 8.71. The molecule has 1 aromatic carbocycles. The Balaban J connectivity index is 2.78. The van der Waals surface area contributed by atoms with Crippen molar-refractivity contribution >= 4 is 17.3 Å². The summed E-state index contributed by atoms with van der Waals surface area (Å²) in [5.41, 5.74) is 7.13. The van der Waals surface area contributed by atoms with Crippen LogP contribution < -0.4 is 5.73 Å². The Morgan fingerprint density at radius 2 is 2.36 bits per heavy atom. The molecule has 3 nitrogen and oxygen atoms in total. The Labute approximate surface area is 88.7 Å². The Kier molecular flexibility index (Phi) is 3.43. The molecule has 0 heterocycles. The summed E-state index contributed by atoms with van der Waals surface area (Å²) in [6.45, 7) is 0.630. The molecule has 0 aliphatic heterocycles. The van der Waals surface area contributed by atoms with Crippen molar-refractivity contribution in [3.05, 3.63) is 35.4 Å². The predicted molar refractivity (Wildman–Crippen MR) is 59.4 cm³/mol. The van der Waals surface area contributed by atoms with Crippen LogP contribution in [-0.2, 0) is 6.54 Å². The number of hydrogen-bond donors (Lipinski definition) is 1. The molecule has 0 aliphatic carbocycles. The highest BCUT2D eigenvalue weighted by atomic mass is 32.1. The molecule has 0 saturated carbocycles. The van der Waals surface area contributed by atoms with Crippen molar-refractivity contribution in [2.75, 3.05) is 7.05 Å². The van der Waals surface area contributed by atoms with Crippen LogP contribution in [0.1, 0.15) is 11.1 Å². The zero-order valence-electron chi connectivity index (χ0n) is 7.90. The van der Waals surface area contributed by atoms with E-state index in [-0.39, 0.29) is 0 Å². The summed E-state index contributed by atoms with van der Waals surface area (Å²) in [5.74, 6) is 0. The number of thiocarbonyl (C=S) groups is 1. The van der Waals surface area contributed by atoms with E-state index >= 15 is 0 Å². The van der Waals surface area contributed by atoms with Gasteiger partial charge in [-0.2, -0.15) is 5.26 Å². The molecule has 0 atom stereocenters. The molecule has 1 rings (SSSR count). The second-order valence-corrected chi connectivity index (χ2v) is 3.42. The van der Waals surface area contributed by atoms with Gasteiger partial charge in [-0.3, -0.25) is 0 Å². The van der Waals surface area contributed by atoms with E-state index in [1.807, 2.05) is 25.2 Å². The van der Waals surface area contributed by atoms with E-state index in [9.17, 15) is 0 Å². The SMILES string of the molecule is CN(Cc1cccc(C#N)c1)C(N)=S. The van der Waals surface area contributed by atoms with Crippen molar-refractivity contribution in [1.29, 1.82) is 5.26 Å². The largest absolute Gasteiger partial charge is 0.376 e. The van der Waals surface area contributed by atoms with E-state index in [4.69, 9.17) is 23.2 Å². The fourth-order valence-corrected chi connectivity index (χ4v) is 1.16. The van der Waals surface area contributed by atoms with Crippen molar-refractivity contribution in [2.45, 2.75) is 6.54 Å². The molecule has 0 aliphatic rings. The van der Waals surface area contributed by atoms with Gasteiger partial charge in [0.2, 0.25) is 0 Å². The van der Waals surface area contributed by atoms with E-state index in [0.29, 0.717) is 17.2 Å². The summed E-state index contributed by atoms with van der Waals surface area (Å²) in [5, 5.41) is 9.05. The van der Waals surface area contributed by atoms with Gasteiger partial charge >= 0.3 is 0 Å². The first-order valence-electron chi connectivity index (χ1n) is 4.13. The molecule has 4 heteroatoms. The summed E-state index contributed by atoms with van der Waals surface area (Å²) in [7, 11) is 1.82. The number of nitriles is 1. The molecule has 1 aromatic rings. The zero-order chi connectivity index (χ0) is 10.6. The van der Waals surface area contributed by atoms with E-state index in [1.165, 1.54) is 0 Å². The first kappa shape index (κ1) is 10.5. The maximum atomic E-state index is 8.69. The van der Waals surface area contributed by atoms with Crippen molar-refractivity contribution in [1.82, 2.24) is 4.90 Å². The van der Waals surface area contributed by atoms with Crippen molar-refractivity contribution in [3.63, 3.8) is 0 Å². The van der Waals surface area contributed by atoms with Crippen LogP contribution in [0.25, 0.3) is 0 Å². The summed E-state index contributed by atoms with van der Waals surface area (Å²) in [6, 6.07) is 9.47. The van der Waals surface area contributed by atoms with E-state index in [0.717, 1.165) is 5.56 Å². The van der Waals surface area contributed by atoms with Gasteiger partial charge in [0.15, 0.2) is 5.11 Å². The summed E-state index contributed by atoms with van der Waals surface area (Å²) >= 11 is 4.82. The quantitative estimate of drug-likeness (QED) is 0.738. The standard InChI is InChI=1S/C10H11N3S/c1-13(10(12)14)7-9-4-2-3-8(5-9)6-11/h2-5H,7H2,1H3,(H2,12,14). The number of nitrogens with two attached hydrogens (primary N) is 1. The van der Waals surface area contributed by atoms with Gasteiger partial charge < -0.3 is 10.6 Å². The molecule has 72 valence electrons. The monoisotopic (exact) mass is 205 g/mol. The van der Waals surface area contributed by atoms with Crippen LogP contribution in [0, 0.1) is 11.3 Å². The number of hydrogen-bond acceptors (Lipinski definition) is 2. The molecule has 0 amide bonds. The Bertz CT molecular complexity index is 381. The van der Waals surface area contributed by atoms with E-state index in [1.54, 1.807) is 11.0 Å². The smallest absolute Gasteiger partial charge is 0.166 e. The minimum Gasteiger partial charge on any atom is -0.376 e. The fraction of sp³-hybridized carbons (Fsp3) is 0.200. The fourth-order valence-electron chi connectivity index (χ4n) is 1.09. The molecule has 0 radical (unpaired) electrons. The second-order valence-electron chi connectivity index (χ2n) is 3.01. The van der Waals surface area contributed by atoms with Gasteiger partial charge in [0.05, 0.1) is 11.6 Å². The number of benzene rings is 1. The molecule has 0 unspecified atom stereocenters. The average molecular weight is 205 g/mol. The lowest BCUT2D eigenvalue weighted by Gasteiger charge is -2.16. The van der Waals surface area contributed by atoms with Crippen molar-refractivity contribution in [2.24, 2.45) is 5.73 Å². The van der Waals surface area contributed by atoms with Crippen LogP contribution in [0.3, 0.4) is 0 Å². The van der Waals surface area contributed by atoms with Crippen LogP contribution >= 0.6 is 12.2 Å². The first-order chi connectivity index (χ1) is 6.63. The molecule has 2 N–H and O–H groups in total. The van der Waals surface area contributed by atoms with Crippen LogP contribution in [0.4, 0.5) is 0 Å². The predicted octanol–water partition coefficient (Wildman–Crippen LogP) is 1.23. The van der Waals surface area contributed by atoms with E-state index < -0.39 is 0 Å². The van der Waals surface area contributed by atoms with Crippen LogP contribution in [0.15, 0.2) is 24.3 Å². The lowest BCUT2D eigenvalue weighted by atomic mass is 10.1. The van der Waals surface area contributed by atoms with Crippen LogP contribution in [0.5, 0.6) is 0 Å². The Morgan fingerprint density at radius 3 is 2.93 bits per heavy atom. The highest BCUT2D eigenvalue weighted by Crippen LogP contribution is 2.06. The van der Waals surface area contributed by atoms with Crippen molar-refractivity contribution in [3.8, 4) is 6.07 Å². The normalized spacial score (nSPS) is 9.14. The average Bonchev–Trinajstić information content (AvgIpc) is 2.18. The van der Waals surface area contributed by atoms with Crippen LogP contribution in [-0.4, -0.2) is 17.1 Å². The molecule has 0 saturated heterocycles. The van der Waals surface area contributed by atoms with Gasteiger partial charge in [-0.25, -0.2) is 0 Å². The minimum absolute atomic E-state index is 0.354. The summed E-state index contributed by atoms with van der Waals surface area (Å²) in [4.78, 5) is 1.76. The van der Waals surface area contributed by atoms with Gasteiger partial charge in [0.25, 0.3) is 0 Å². The van der Waals surface area contributed by atoms with Gasteiger partial charge in [0.1, 0.15) is 0 Å². The summed E-state index contributed by atoms with van der Waals surface area (Å²) in [6.07, 6.45) is 0. The van der Waals surface area contributed by atoms with Gasteiger partial charge in [-0.15, -0.1) is 0 Å². The highest BCUT2D eigenvalue weighted by Gasteiger charge is 2.01. The lowest BCUT2D eigenvalue weighted by molar-refractivity contribution is 0.504. The first-order valence-corrected chi connectivity index (χ1v) is 4.54. The third-order valence-electron chi connectivity index (χ3n) is 1.85. The Hall–Kier alpha value is -1.60. The molecule has 0 fully saturated rings. The number of nitrogens with zero attached hydrogens (tertiary/aromatic N) is 2. The van der Waals surface area contributed by atoms with Crippen LogP contribution in [0.2, 0.25) is 0 Å². The molecule has 14 heavy (non-hydrogen) atoms. The topological polar surface area (TPSA) is 53.0 Å². The lowest BCUT2D eigenvalue weighted by Crippen LogP contribution is -2.31. The van der Waals surface area contributed by atoms with Gasteiger partial charge in [-0.1, -0.05) is 12.1 Å². The highest BCUT2D eigenvalue weighted by molar-refractivity contribution is 7.80. The van der Waals surface area contributed by atoms with E-state index in [2.05, 4.69) is 6.07 Å². The van der Waals surface area contributed by atoms with Gasteiger partial charge in [0, 0.05) is 13.6 Å². The Morgan fingerprint density at radius 1 is 1.64 bits per heavy atom. The number of rotatable bonds is 2. The molecular weight excluding hydrogens is 194 g/mol. The molecule has 0 bridgehead atoms. The third kappa shape index (κ3) is 2.71. The maximum absolute atomic E-state index is 8.69. The molecular formula is C10H11N3S. The minimum atomic E-state index is 0.354. The summed E-state index contributed by atoms with van der Waals surface area (Å²) < 4.78 is 0. The third-order valence-corrected chi connectivity index (χ3v) is 2.16. The molecule has 0 aromatic heterocycles. The van der Waals surface area contributed by atoms with Crippen molar-refractivity contribution < 1.29 is 0 Å². The molecule has 0 spiro atoms.